The molecule has 2 nitrogen and oxygen atoms in total. The van der Waals surface area contributed by atoms with Crippen molar-refractivity contribution < 1.29 is 9.47 Å². The summed E-state index contributed by atoms with van der Waals surface area (Å²) in [6.45, 7) is 2.28. The van der Waals surface area contributed by atoms with E-state index in [4.69, 9.17) is 9.47 Å². The molecule has 0 saturated heterocycles. The maximum Gasteiger partial charge on any atom is 0.124 e. The minimum Gasteiger partial charge on any atom is -0.497 e. The number of methoxy groups -OCH3 is 1. The van der Waals surface area contributed by atoms with Crippen LogP contribution in [0.25, 0.3) is 0 Å². The van der Waals surface area contributed by atoms with Crippen molar-refractivity contribution in [1.29, 1.82) is 0 Å². The van der Waals surface area contributed by atoms with E-state index in [1.807, 2.05) is 18.2 Å². The molecular formula is C16H23BrO2. The standard InChI is InChI=1S/C16H23BrO2/c1-3-12-5-4-6-15(9-12)19-16-8-7-14(18-2)10-13(16)11-17/h7-8,10,12,15H,3-6,9,11H2,1-2H3. The molecule has 1 aromatic carbocycles. The quantitative estimate of drug-likeness (QED) is 0.713. The predicted molar refractivity (Wildman–Crippen MR) is 82.3 cm³/mol. The van der Waals surface area contributed by atoms with Gasteiger partial charge in [0.05, 0.1) is 13.2 Å². The number of ether oxygens (including phenoxy) is 2. The smallest absolute Gasteiger partial charge is 0.124 e. The third-order valence-corrected chi connectivity index (χ3v) is 4.62. The van der Waals surface area contributed by atoms with Crippen LogP contribution in [0, 0.1) is 5.92 Å². The third kappa shape index (κ3) is 3.88. The number of hydrogen-bond acceptors (Lipinski definition) is 2. The van der Waals surface area contributed by atoms with Gasteiger partial charge >= 0.3 is 0 Å². The molecule has 0 aromatic heterocycles. The second-order valence-electron chi connectivity index (χ2n) is 5.29. The highest BCUT2D eigenvalue weighted by Crippen LogP contribution is 2.32. The lowest BCUT2D eigenvalue weighted by Crippen LogP contribution is -2.25. The van der Waals surface area contributed by atoms with Gasteiger partial charge in [0.2, 0.25) is 0 Å². The zero-order valence-corrected chi connectivity index (χ0v) is 13.4. The van der Waals surface area contributed by atoms with E-state index in [0.29, 0.717) is 6.10 Å². The van der Waals surface area contributed by atoms with Crippen molar-refractivity contribution in [3.05, 3.63) is 23.8 Å². The van der Waals surface area contributed by atoms with Gasteiger partial charge in [-0.05, 0) is 43.4 Å². The summed E-state index contributed by atoms with van der Waals surface area (Å²) in [5, 5.41) is 0.795. The van der Waals surface area contributed by atoms with Crippen LogP contribution < -0.4 is 9.47 Å². The summed E-state index contributed by atoms with van der Waals surface area (Å²) >= 11 is 3.53. The highest BCUT2D eigenvalue weighted by molar-refractivity contribution is 9.08. The Balaban J connectivity index is 2.05. The highest BCUT2D eigenvalue weighted by atomic mass is 79.9. The van der Waals surface area contributed by atoms with Crippen LogP contribution in [0.15, 0.2) is 18.2 Å². The second kappa shape index (κ2) is 7.18. The van der Waals surface area contributed by atoms with Crippen LogP contribution in [0.3, 0.4) is 0 Å². The fraction of sp³-hybridized carbons (Fsp3) is 0.625. The van der Waals surface area contributed by atoms with E-state index in [2.05, 4.69) is 22.9 Å². The van der Waals surface area contributed by atoms with E-state index < -0.39 is 0 Å². The lowest BCUT2D eigenvalue weighted by atomic mass is 9.85. The average molecular weight is 327 g/mol. The Labute approximate surface area is 124 Å². The number of alkyl halides is 1. The number of benzene rings is 1. The molecule has 0 heterocycles. The molecule has 2 rings (SSSR count). The lowest BCUT2D eigenvalue weighted by Gasteiger charge is -2.29. The maximum absolute atomic E-state index is 6.22. The molecule has 0 N–H and O–H groups in total. The molecule has 1 aliphatic carbocycles. The molecule has 0 amide bonds. The van der Waals surface area contributed by atoms with Gasteiger partial charge in [-0.25, -0.2) is 0 Å². The van der Waals surface area contributed by atoms with E-state index in [1.165, 1.54) is 32.1 Å². The summed E-state index contributed by atoms with van der Waals surface area (Å²) in [4.78, 5) is 0. The molecule has 1 fully saturated rings. The Hall–Kier alpha value is -0.700. The van der Waals surface area contributed by atoms with Crippen LogP contribution in [0.5, 0.6) is 11.5 Å². The molecule has 0 spiro atoms. The summed E-state index contributed by atoms with van der Waals surface area (Å²) in [7, 11) is 1.70. The molecule has 2 atom stereocenters. The predicted octanol–water partition coefficient (Wildman–Crippen LogP) is 4.94. The molecule has 3 heteroatoms. The first-order chi connectivity index (χ1) is 9.26. The summed E-state index contributed by atoms with van der Waals surface area (Å²) in [5.41, 5.74) is 1.16. The zero-order valence-electron chi connectivity index (χ0n) is 11.8. The largest absolute Gasteiger partial charge is 0.497 e. The van der Waals surface area contributed by atoms with Gasteiger partial charge in [-0.2, -0.15) is 0 Å². The Morgan fingerprint density at radius 1 is 1.32 bits per heavy atom. The first-order valence-electron chi connectivity index (χ1n) is 7.16. The summed E-state index contributed by atoms with van der Waals surface area (Å²) in [6.07, 6.45) is 6.69. The third-order valence-electron chi connectivity index (χ3n) is 4.02. The topological polar surface area (TPSA) is 18.5 Å². The van der Waals surface area contributed by atoms with Crippen LogP contribution >= 0.6 is 15.9 Å². The normalized spacial score (nSPS) is 23.1. The van der Waals surface area contributed by atoms with Crippen LogP contribution in [-0.2, 0) is 5.33 Å². The monoisotopic (exact) mass is 326 g/mol. The van der Waals surface area contributed by atoms with Gasteiger partial charge in [0, 0.05) is 10.9 Å². The van der Waals surface area contributed by atoms with Gasteiger partial charge in [-0.1, -0.05) is 35.7 Å². The van der Waals surface area contributed by atoms with Gasteiger partial charge in [0.25, 0.3) is 0 Å². The maximum atomic E-state index is 6.22. The highest BCUT2D eigenvalue weighted by Gasteiger charge is 2.22. The summed E-state index contributed by atoms with van der Waals surface area (Å²) in [5.74, 6) is 2.72. The Kier molecular flexibility index (Phi) is 5.56. The van der Waals surface area contributed by atoms with Gasteiger partial charge in [0.1, 0.15) is 11.5 Å². The van der Waals surface area contributed by atoms with Crippen molar-refractivity contribution >= 4 is 15.9 Å². The Morgan fingerprint density at radius 3 is 2.84 bits per heavy atom. The minimum absolute atomic E-state index is 0.380. The molecule has 106 valence electrons. The number of hydrogen-bond donors (Lipinski definition) is 0. The van der Waals surface area contributed by atoms with E-state index in [1.54, 1.807) is 7.11 Å². The van der Waals surface area contributed by atoms with Crippen LogP contribution in [0.1, 0.15) is 44.6 Å². The van der Waals surface area contributed by atoms with Crippen molar-refractivity contribution in [2.45, 2.75) is 50.5 Å². The molecule has 1 aliphatic rings. The average Bonchev–Trinajstić information content (AvgIpc) is 2.48. The van der Waals surface area contributed by atoms with Crippen LogP contribution in [-0.4, -0.2) is 13.2 Å². The van der Waals surface area contributed by atoms with E-state index in [-0.39, 0.29) is 0 Å². The fourth-order valence-electron chi connectivity index (χ4n) is 2.80. The second-order valence-corrected chi connectivity index (χ2v) is 5.85. The fourth-order valence-corrected chi connectivity index (χ4v) is 3.24. The Morgan fingerprint density at radius 2 is 2.16 bits per heavy atom. The molecule has 0 bridgehead atoms. The van der Waals surface area contributed by atoms with Crippen molar-refractivity contribution in [3.8, 4) is 11.5 Å². The van der Waals surface area contributed by atoms with Crippen molar-refractivity contribution in [2.24, 2.45) is 5.92 Å². The molecule has 2 unspecified atom stereocenters. The Bertz CT molecular complexity index is 406. The van der Waals surface area contributed by atoms with Gasteiger partial charge in [0.15, 0.2) is 0 Å². The SMILES string of the molecule is CCC1CCCC(Oc2ccc(OC)cc2CBr)C1. The van der Waals surface area contributed by atoms with Crippen molar-refractivity contribution in [3.63, 3.8) is 0 Å². The van der Waals surface area contributed by atoms with E-state index >= 15 is 0 Å². The first kappa shape index (κ1) is 14.7. The van der Waals surface area contributed by atoms with Crippen LogP contribution in [0.2, 0.25) is 0 Å². The van der Waals surface area contributed by atoms with Crippen LogP contribution in [0.4, 0.5) is 0 Å². The van der Waals surface area contributed by atoms with Crippen molar-refractivity contribution in [2.75, 3.05) is 7.11 Å². The van der Waals surface area contributed by atoms with E-state index in [0.717, 1.165) is 28.3 Å². The lowest BCUT2D eigenvalue weighted by molar-refractivity contribution is 0.121. The zero-order chi connectivity index (χ0) is 13.7. The molecule has 1 aromatic rings. The molecule has 19 heavy (non-hydrogen) atoms. The summed E-state index contributed by atoms with van der Waals surface area (Å²) < 4.78 is 11.5. The minimum atomic E-state index is 0.380. The van der Waals surface area contributed by atoms with Gasteiger partial charge in [-0.15, -0.1) is 0 Å². The summed E-state index contributed by atoms with van der Waals surface area (Å²) in [6, 6.07) is 6.05. The molecule has 0 aliphatic heterocycles. The molecule has 1 saturated carbocycles. The number of rotatable bonds is 5. The first-order valence-corrected chi connectivity index (χ1v) is 8.28. The van der Waals surface area contributed by atoms with Gasteiger partial charge < -0.3 is 9.47 Å². The molecule has 0 radical (unpaired) electrons. The number of halogens is 1. The van der Waals surface area contributed by atoms with Crippen molar-refractivity contribution in [1.82, 2.24) is 0 Å². The van der Waals surface area contributed by atoms with E-state index in [9.17, 15) is 0 Å². The van der Waals surface area contributed by atoms with Gasteiger partial charge in [-0.3, -0.25) is 0 Å². The molecular weight excluding hydrogens is 304 g/mol.